The van der Waals surface area contributed by atoms with Gasteiger partial charge in [0.15, 0.2) is 0 Å². The Labute approximate surface area is 96.7 Å². The topological polar surface area (TPSA) is 49.7 Å². The van der Waals surface area contributed by atoms with Gasteiger partial charge in [-0.15, -0.1) is 0 Å². The molecule has 1 aromatic carbocycles. The van der Waals surface area contributed by atoms with Gasteiger partial charge in [0.2, 0.25) is 0 Å². The Bertz CT molecular complexity index is 334. The van der Waals surface area contributed by atoms with Gasteiger partial charge in [0.05, 0.1) is 12.7 Å². The monoisotopic (exact) mass is 224 g/mol. The number of hydrogen-bond acceptors (Lipinski definition) is 3. The van der Waals surface area contributed by atoms with E-state index >= 15 is 0 Å². The van der Waals surface area contributed by atoms with Crippen molar-refractivity contribution in [3.05, 3.63) is 29.3 Å². The number of ether oxygens (including phenoxy) is 1. The van der Waals surface area contributed by atoms with Crippen LogP contribution < -0.4 is 4.74 Å². The molecule has 0 aromatic heterocycles. The first-order valence-electron chi connectivity index (χ1n) is 5.57. The van der Waals surface area contributed by atoms with E-state index in [9.17, 15) is 5.11 Å². The van der Waals surface area contributed by atoms with Crippen molar-refractivity contribution >= 4 is 0 Å². The molecule has 1 unspecified atom stereocenters. The van der Waals surface area contributed by atoms with Gasteiger partial charge in [-0.25, -0.2) is 0 Å². The zero-order chi connectivity index (χ0) is 12.1. The third-order valence-corrected chi connectivity index (χ3v) is 2.45. The number of rotatable bonds is 5. The van der Waals surface area contributed by atoms with Crippen molar-refractivity contribution in [2.24, 2.45) is 5.92 Å². The Morgan fingerprint density at radius 3 is 2.56 bits per heavy atom. The van der Waals surface area contributed by atoms with E-state index in [4.69, 9.17) is 9.84 Å². The van der Waals surface area contributed by atoms with E-state index in [2.05, 4.69) is 0 Å². The van der Waals surface area contributed by atoms with Gasteiger partial charge in [-0.3, -0.25) is 0 Å². The Morgan fingerprint density at radius 1 is 1.31 bits per heavy atom. The quantitative estimate of drug-likeness (QED) is 0.804. The van der Waals surface area contributed by atoms with Crippen LogP contribution in [-0.4, -0.2) is 23.4 Å². The fraction of sp³-hybridized carbons (Fsp3) is 0.538. The van der Waals surface area contributed by atoms with Gasteiger partial charge in [-0.05, 0) is 25.5 Å². The maximum Gasteiger partial charge on any atom is 0.125 e. The van der Waals surface area contributed by atoms with E-state index < -0.39 is 6.10 Å². The molecule has 0 bridgehead atoms. The van der Waals surface area contributed by atoms with Gasteiger partial charge in [0.1, 0.15) is 5.75 Å². The molecule has 0 fully saturated rings. The van der Waals surface area contributed by atoms with Gasteiger partial charge < -0.3 is 14.9 Å². The fourth-order valence-corrected chi connectivity index (χ4v) is 1.40. The van der Waals surface area contributed by atoms with E-state index in [0.717, 1.165) is 11.1 Å². The van der Waals surface area contributed by atoms with Gasteiger partial charge in [0.25, 0.3) is 0 Å². The highest BCUT2D eigenvalue weighted by Gasteiger charge is 2.10. The van der Waals surface area contributed by atoms with Crippen molar-refractivity contribution < 1.29 is 14.9 Å². The fourth-order valence-electron chi connectivity index (χ4n) is 1.40. The maximum absolute atomic E-state index is 9.59. The Balaban J connectivity index is 2.80. The molecule has 0 saturated heterocycles. The highest BCUT2D eigenvalue weighted by atomic mass is 16.5. The van der Waals surface area contributed by atoms with Crippen LogP contribution in [0.5, 0.6) is 5.75 Å². The minimum absolute atomic E-state index is 0.0994. The minimum atomic E-state index is -0.542. The van der Waals surface area contributed by atoms with E-state index in [1.165, 1.54) is 0 Å². The standard InChI is InChI=1S/C13H20O3/c1-9-4-5-12(11(3)15)13(6-9)16-8-10(2)7-14/h4-6,10-11,14-15H,7-8H2,1-3H3/t10?,11-/m0/s1. The summed E-state index contributed by atoms with van der Waals surface area (Å²) < 4.78 is 5.61. The summed E-state index contributed by atoms with van der Waals surface area (Å²) in [6.07, 6.45) is -0.542. The third kappa shape index (κ3) is 3.51. The lowest BCUT2D eigenvalue weighted by atomic mass is 10.1. The molecule has 2 atom stereocenters. The summed E-state index contributed by atoms with van der Waals surface area (Å²) in [5.41, 5.74) is 1.88. The van der Waals surface area contributed by atoms with Crippen LogP contribution in [0.15, 0.2) is 18.2 Å². The zero-order valence-corrected chi connectivity index (χ0v) is 10.1. The highest BCUT2D eigenvalue weighted by molar-refractivity contribution is 5.38. The molecule has 2 N–H and O–H groups in total. The molecule has 1 rings (SSSR count). The van der Waals surface area contributed by atoms with E-state index in [1.54, 1.807) is 6.92 Å². The van der Waals surface area contributed by atoms with Crippen molar-refractivity contribution in [1.82, 2.24) is 0 Å². The highest BCUT2D eigenvalue weighted by Crippen LogP contribution is 2.26. The summed E-state index contributed by atoms with van der Waals surface area (Å²) >= 11 is 0. The zero-order valence-electron chi connectivity index (χ0n) is 10.1. The molecule has 1 aromatic rings. The average Bonchev–Trinajstić information content (AvgIpc) is 2.25. The summed E-state index contributed by atoms with van der Waals surface area (Å²) in [7, 11) is 0. The van der Waals surface area contributed by atoms with Crippen molar-refractivity contribution in [3.63, 3.8) is 0 Å². The van der Waals surface area contributed by atoms with Crippen LogP contribution in [0.4, 0.5) is 0 Å². The van der Waals surface area contributed by atoms with Crippen LogP contribution in [0.25, 0.3) is 0 Å². The molecule has 0 aliphatic carbocycles. The molecular formula is C13H20O3. The molecule has 0 aliphatic rings. The molecule has 0 radical (unpaired) electrons. The van der Waals surface area contributed by atoms with Gasteiger partial charge in [-0.2, -0.15) is 0 Å². The second-order valence-corrected chi connectivity index (χ2v) is 4.32. The van der Waals surface area contributed by atoms with Crippen LogP contribution in [0.3, 0.4) is 0 Å². The average molecular weight is 224 g/mol. The molecule has 0 heterocycles. The molecule has 16 heavy (non-hydrogen) atoms. The van der Waals surface area contributed by atoms with Gasteiger partial charge in [-0.1, -0.05) is 19.1 Å². The SMILES string of the molecule is Cc1ccc([C@H](C)O)c(OCC(C)CO)c1. The van der Waals surface area contributed by atoms with Crippen LogP contribution in [0, 0.1) is 12.8 Å². The van der Waals surface area contributed by atoms with E-state index in [-0.39, 0.29) is 12.5 Å². The first-order chi connectivity index (χ1) is 7.54. The van der Waals surface area contributed by atoms with Crippen LogP contribution in [0.2, 0.25) is 0 Å². The Hall–Kier alpha value is -1.06. The Kier molecular flexibility index (Phi) is 4.77. The second kappa shape index (κ2) is 5.87. The molecule has 0 amide bonds. The lowest BCUT2D eigenvalue weighted by molar-refractivity contribution is 0.163. The summed E-state index contributed by atoms with van der Waals surface area (Å²) in [5.74, 6) is 0.803. The first kappa shape index (κ1) is 13.0. The molecule has 90 valence electrons. The van der Waals surface area contributed by atoms with Crippen LogP contribution in [0.1, 0.15) is 31.1 Å². The van der Waals surface area contributed by atoms with Crippen LogP contribution >= 0.6 is 0 Å². The molecule has 0 spiro atoms. The van der Waals surface area contributed by atoms with Crippen molar-refractivity contribution in [3.8, 4) is 5.75 Å². The molecule has 0 aliphatic heterocycles. The molecular weight excluding hydrogens is 204 g/mol. The minimum Gasteiger partial charge on any atom is -0.493 e. The summed E-state index contributed by atoms with van der Waals surface area (Å²) in [4.78, 5) is 0. The molecule has 3 heteroatoms. The van der Waals surface area contributed by atoms with E-state index in [1.807, 2.05) is 32.0 Å². The third-order valence-electron chi connectivity index (χ3n) is 2.45. The predicted molar refractivity (Wildman–Crippen MR) is 63.6 cm³/mol. The number of benzene rings is 1. The second-order valence-electron chi connectivity index (χ2n) is 4.32. The molecule has 0 saturated carbocycles. The van der Waals surface area contributed by atoms with E-state index in [0.29, 0.717) is 12.4 Å². The van der Waals surface area contributed by atoms with Crippen molar-refractivity contribution in [2.45, 2.75) is 26.9 Å². The normalized spacial score (nSPS) is 14.6. The number of aliphatic hydroxyl groups excluding tert-OH is 2. The predicted octanol–water partition coefficient (Wildman–Crippen LogP) is 2.06. The summed E-state index contributed by atoms with van der Waals surface area (Å²) in [6.45, 7) is 6.18. The van der Waals surface area contributed by atoms with Gasteiger partial charge in [0, 0.05) is 18.1 Å². The van der Waals surface area contributed by atoms with Crippen molar-refractivity contribution in [2.75, 3.05) is 13.2 Å². The largest absolute Gasteiger partial charge is 0.493 e. The van der Waals surface area contributed by atoms with Crippen LogP contribution in [-0.2, 0) is 0 Å². The summed E-state index contributed by atoms with van der Waals surface area (Å²) in [5, 5.41) is 18.5. The lowest BCUT2D eigenvalue weighted by Crippen LogP contribution is -2.13. The lowest BCUT2D eigenvalue weighted by Gasteiger charge is -2.16. The number of aryl methyl sites for hydroxylation is 1. The maximum atomic E-state index is 9.59. The number of hydrogen-bond donors (Lipinski definition) is 2. The Morgan fingerprint density at radius 2 is 2.00 bits per heavy atom. The van der Waals surface area contributed by atoms with Crippen molar-refractivity contribution in [1.29, 1.82) is 0 Å². The summed E-state index contributed by atoms with van der Waals surface area (Å²) in [6, 6.07) is 5.73. The smallest absolute Gasteiger partial charge is 0.125 e. The molecule has 3 nitrogen and oxygen atoms in total. The number of aliphatic hydroxyl groups is 2. The first-order valence-corrected chi connectivity index (χ1v) is 5.57. The van der Waals surface area contributed by atoms with Gasteiger partial charge >= 0.3 is 0 Å².